The molecule has 1 aliphatic rings. The van der Waals surface area contributed by atoms with Crippen molar-refractivity contribution in [1.29, 1.82) is 0 Å². The molecule has 1 fully saturated rings. The minimum atomic E-state index is 0.117. The van der Waals surface area contributed by atoms with Crippen molar-refractivity contribution in [1.82, 2.24) is 5.32 Å². The third-order valence-corrected chi connectivity index (χ3v) is 4.03. The van der Waals surface area contributed by atoms with Gasteiger partial charge in [0.25, 0.3) is 0 Å². The second-order valence-corrected chi connectivity index (χ2v) is 5.65. The van der Waals surface area contributed by atoms with Crippen LogP contribution in [0.25, 0.3) is 0 Å². The first-order chi connectivity index (χ1) is 9.19. The van der Waals surface area contributed by atoms with Gasteiger partial charge in [0.05, 0.1) is 6.26 Å². The number of hydrogen-bond acceptors (Lipinski definition) is 3. The highest BCUT2D eigenvalue weighted by Crippen LogP contribution is 2.28. The molecule has 1 aromatic rings. The Kier molecular flexibility index (Phi) is 5.02. The van der Waals surface area contributed by atoms with Crippen molar-refractivity contribution in [3.05, 3.63) is 24.2 Å². The van der Waals surface area contributed by atoms with Gasteiger partial charge >= 0.3 is 0 Å². The Morgan fingerprint density at radius 3 is 2.79 bits per heavy atom. The zero-order valence-electron chi connectivity index (χ0n) is 11.6. The third-order valence-electron chi connectivity index (χ3n) is 4.03. The Bertz CT molecular complexity index is 381. The number of amides is 1. The van der Waals surface area contributed by atoms with E-state index in [0.717, 1.165) is 44.4 Å². The first kappa shape index (κ1) is 14.1. The van der Waals surface area contributed by atoms with Crippen molar-refractivity contribution in [3.8, 4) is 0 Å². The van der Waals surface area contributed by atoms with E-state index < -0.39 is 0 Å². The summed E-state index contributed by atoms with van der Waals surface area (Å²) in [6.07, 6.45) is 6.53. The van der Waals surface area contributed by atoms with E-state index in [1.165, 1.54) is 0 Å². The van der Waals surface area contributed by atoms with Gasteiger partial charge in [0.15, 0.2) is 0 Å². The molecule has 2 rings (SSSR count). The van der Waals surface area contributed by atoms with Crippen LogP contribution in [0.2, 0.25) is 0 Å². The summed E-state index contributed by atoms with van der Waals surface area (Å²) in [5, 5.41) is 3.09. The predicted octanol–water partition coefficient (Wildman–Crippen LogP) is 2.09. The highest BCUT2D eigenvalue weighted by atomic mass is 16.3. The Balaban J connectivity index is 1.74. The fraction of sp³-hybridized carbons (Fsp3) is 0.667. The Morgan fingerprint density at radius 1 is 1.47 bits per heavy atom. The fourth-order valence-electron chi connectivity index (χ4n) is 2.80. The number of nitrogens with two attached hydrogens (primary N) is 1. The summed E-state index contributed by atoms with van der Waals surface area (Å²) in [7, 11) is 0. The monoisotopic (exact) mass is 264 g/mol. The topological polar surface area (TPSA) is 68.3 Å². The Labute approximate surface area is 114 Å². The van der Waals surface area contributed by atoms with Crippen LogP contribution in [0, 0.1) is 11.8 Å². The van der Waals surface area contributed by atoms with Crippen LogP contribution in [0.3, 0.4) is 0 Å². The van der Waals surface area contributed by atoms with Crippen LogP contribution in [0.5, 0.6) is 0 Å². The summed E-state index contributed by atoms with van der Waals surface area (Å²) in [5.41, 5.74) is 5.67. The van der Waals surface area contributed by atoms with Gasteiger partial charge in [0.2, 0.25) is 5.91 Å². The summed E-state index contributed by atoms with van der Waals surface area (Å²) in [4.78, 5) is 12.2. The molecule has 4 heteroatoms. The first-order valence-corrected chi connectivity index (χ1v) is 7.22. The van der Waals surface area contributed by atoms with Crippen LogP contribution in [0.4, 0.5) is 0 Å². The summed E-state index contributed by atoms with van der Waals surface area (Å²) < 4.78 is 5.29. The second kappa shape index (κ2) is 6.75. The van der Waals surface area contributed by atoms with Gasteiger partial charge in [0, 0.05) is 18.4 Å². The SMILES string of the molecule is CC(Cc1ccco1)NC(=O)C1CCC(CN)CC1. The molecular weight excluding hydrogens is 240 g/mol. The fourth-order valence-corrected chi connectivity index (χ4v) is 2.80. The van der Waals surface area contributed by atoms with Gasteiger partial charge in [-0.3, -0.25) is 4.79 Å². The van der Waals surface area contributed by atoms with Gasteiger partial charge in [-0.2, -0.15) is 0 Å². The molecule has 1 heterocycles. The van der Waals surface area contributed by atoms with E-state index >= 15 is 0 Å². The van der Waals surface area contributed by atoms with Gasteiger partial charge < -0.3 is 15.5 Å². The maximum atomic E-state index is 12.2. The van der Waals surface area contributed by atoms with E-state index in [0.29, 0.717) is 5.92 Å². The number of carbonyl (C=O) groups is 1. The Hall–Kier alpha value is -1.29. The van der Waals surface area contributed by atoms with Gasteiger partial charge in [-0.1, -0.05) is 0 Å². The average molecular weight is 264 g/mol. The quantitative estimate of drug-likeness (QED) is 0.855. The molecule has 0 spiro atoms. The molecule has 1 saturated carbocycles. The molecule has 1 unspecified atom stereocenters. The normalized spacial score (nSPS) is 24.9. The molecule has 0 aliphatic heterocycles. The van der Waals surface area contributed by atoms with Crippen LogP contribution >= 0.6 is 0 Å². The van der Waals surface area contributed by atoms with Gasteiger partial charge in [-0.25, -0.2) is 0 Å². The smallest absolute Gasteiger partial charge is 0.223 e. The van der Waals surface area contributed by atoms with Crippen LogP contribution < -0.4 is 11.1 Å². The van der Waals surface area contributed by atoms with Crippen molar-refractivity contribution in [2.45, 2.75) is 45.1 Å². The van der Waals surface area contributed by atoms with Gasteiger partial charge in [-0.05, 0) is 57.2 Å². The van der Waals surface area contributed by atoms with E-state index in [-0.39, 0.29) is 17.9 Å². The van der Waals surface area contributed by atoms with Crippen molar-refractivity contribution < 1.29 is 9.21 Å². The van der Waals surface area contributed by atoms with Crippen LogP contribution in [-0.4, -0.2) is 18.5 Å². The summed E-state index contributed by atoms with van der Waals surface area (Å²) in [6, 6.07) is 3.93. The molecule has 1 aliphatic carbocycles. The number of nitrogens with one attached hydrogen (secondary N) is 1. The molecule has 19 heavy (non-hydrogen) atoms. The van der Waals surface area contributed by atoms with Crippen molar-refractivity contribution >= 4 is 5.91 Å². The number of hydrogen-bond donors (Lipinski definition) is 2. The lowest BCUT2D eigenvalue weighted by molar-refractivity contribution is -0.126. The third kappa shape index (κ3) is 4.10. The minimum absolute atomic E-state index is 0.117. The minimum Gasteiger partial charge on any atom is -0.469 e. The van der Waals surface area contributed by atoms with Crippen molar-refractivity contribution in [3.63, 3.8) is 0 Å². The lowest BCUT2D eigenvalue weighted by Gasteiger charge is -2.27. The van der Waals surface area contributed by atoms with E-state index in [1.807, 2.05) is 19.1 Å². The molecule has 0 bridgehead atoms. The van der Waals surface area contributed by atoms with Crippen LogP contribution in [-0.2, 0) is 11.2 Å². The first-order valence-electron chi connectivity index (χ1n) is 7.22. The van der Waals surface area contributed by atoms with E-state index in [4.69, 9.17) is 10.2 Å². The van der Waals surface area contributed by atoms with E-state index in [9.17, 15) is 4.79 Å². The van der Waals surface area contributed by atoms with Gasteiger partial charge in [0.1, 0.15) is 5.76 Å². The lowest BCUT2D eigenvalue weighted by atomic mass is 9.81. The molecule has 0 saturated heterocycles. The zero-order chi connectivity index (χ0) is 13.7. The van der Waals surface area contributed by atoms with Crippen LogP contribution in [0.15, 0.2) is 22.8 Å². The molecule has 1 atom stereocenters. The molecule has 3 N–H and O–H groups in total. The summed E-state index contributed by atoms with van der Waals surface area (Å²) in [6.45, 7) is 2.77. The standard InChI is InChI=1S/C15H24N2O2/c1-11(9-14-3-2-8-19-14)17-15(18)13-6-4-12(10-16)5-7-13/h2-3,8,11-13H,4-7,9-10,16H2,1H3,(H,17,18). The maximum absolute atomic E-state index is 12.2. The zero-order valence-corrected chi connectivity index (χ0v) is 11.6. The molecule has 1 aromatic heterocycles. The molecular formula is C15H24N2O2. The highest BCUT2D eigenvalue weighted by Gasteiger charge is 2.26. The Morgan fingerprint density at radius 2 is 2.21 bits per heavy atom. The average Bonchev–Trinajstić information content (AvgIpc) is 2.91. The molecule has 0 aromatic carbocycles. The molecule has 4 nitrogen and oxygen atoms in total. The summed E-state index contributed by atoms with van der Waals surface area (Å²) in [5.74, 6) is 1.89. The lowest BCUT2D eigenvalue weighted by Crippen LogP contribution is -2.40. The number of carbonyl (C=O) groups excluding carboxylic acids is 1. The van der Waals surface area contributed by atoms with Gasteiger partial charge in [-0.15, -0.1) is 0 Å². The molecule has 1 amide bonds. The van der Waals surface area contributed by atoms with Crippen molar-refractivity contribution in [2.75, 3.05) is 6.54 Å². The summed E-state index contributed by atoms with van der Waals surface area (Å²) >= 11 is 0. The maximum Gasteiger partial charge on any atom is 0.223 e. The second-order valence-electron chi connectivity index (χ2n) is 5.65. The molecule has 106 valence electrons. The van der Waals surface area contributed by atoms with Crippen LogP contribution in [0.1, 0.15) is 38.4 Å². The largest absolute Gasteiger partial charge is 0.469 e. The number of rotatable bonds is 5. The highest BCUT2D eigenvalue weighted by molar-refractivity contribution is 5.79. The van der Waals surface area contributed by atoms with Crippen molar-refractivity contribution in [2.24, 2.45) is 17.6 Å². The van der Waals surface area contributed by atoms with E-state index in [2.05, 4.69) is 5.32 Å². The number of furan rings is 1. The van der Waals surface area contributed by atoms with E-state index in [1.54, 1.807) is 6.26 Å². The molecule has 0 radical (unpaired) electrons. The predicted molar refractivity (Wildman–Crippen MR) is 74.5 cm³/mol.